The van der Waals surface area contributed by atoms with Crippen LogP contribution in [0.3, 0.4) is 0 Å². The molecule has 0 saturated carbocycles. The van der Waals surface area contributed by atoms with Gasteiger partial charge in [-0.25, -0.2) is 4.79 Å². The van der Waals surface area contributed by atoms with Crippen molar-refractivity contribution in [2.24, 2.45) is 0 Å². The highest BCUT2D eigenvalue weighted by Gasteiger charge is 2.27. The third kappa shape index (κ3) is 3.85. The van der Waals surface area contributed by atoms with E-state index in [4.69, 9.17) is 4.74 Å². The minimum Gasteiger partial charge on any atom is -0.494 e. The number of para-hydroxylation sites is 2. The van der Waals surface area contributed by atoms with Crippen molar-refractivity contribution >= 4 is 34.9 Å². The van der Waals surface area contributed by atoms with Gasteiger partial charge in [0.25, 0.3) is 0 Å². The summed E-state index contributed by atoms with van der Waals surface area (Å²) >= 11 is 1.68. The van der Waals surface area contributed by atoms with Crippen LogP contribution in [0.1, 0.15) is 19.8 Å². The Morgan fingerprint density at radius 2 is 1.54 bits per heavy atom. The normalized spacial score (nSPS) is 12.1. The van der Waals surface area contributed by atoms with Crippen LogP contribution in [0.15, 0.2) is 82.6 Å². The number of rotatable bonds is 5. The van der Waals surface area contributed by atoms with E-state index in [1.54, 1.807) is 16.7 Å². The van der Waals surface area contributed by atoms with Gasteiger partial charge < -0.3 is 10.1 Å². The predicted octanol–water partition coefficient (Wildman–Crippen LogP) is 6.70. The Bertz CT molecular complexity index is 927. The van der Waals surface area contributed by atoms with Crippen LogP contribution in [0.25, 0.3) is 0 Å². The molecule has 3 aromatic rings. The van der Waals surface area contributed by atoms with Gasteiger partial charge >= 0.3 is 6.03 Å². The van der Waals surface area contributed by atoms with Crippen LogP contribution < -0.4 is 15.0 Å². The van der Waals surface area contributed by atoms with Gasteiger partial charge in [-0.05, 0) is 55.0 Å². The number of hydrogen-bond donors (Lipinski definition) is 1. The highest BCUT2D eigenvalue weighted by molar-refractivity contribution is 7.99. The zero-order valence-electron chi connectivity index (χ0n) is 15.7. The summed E-state index contributed by atoms with van der Waals surface area (Å²) in [6, 6.07) is 23.3. The molecule has 0 saturated heterocycles. The molecule has 2 amide bonds. The van der Waals surface area contributed by atoms with Gasteiger partial charge in [0.2, 0.25) is 0 Å². The van der Waals surface area contributed by atoms with Gasteiger partial charge in [-0.1, -0.05) is 49.4 Å². The van der Waals surface area contributed by atoms with E-state index in [1.165, 1.54) is 0 Å². The van der Waals surface area contributed by atoms with E-state index in [-0.39, 0.29) is 6.03 Å². The molecule has 0 spiro atoms. The van der Waals surface area contributed by atoms with Gasteiger partial charge in [0, 0.05) is 15.5 Å². The van der Waals surface area contributed by atoms with Crippen molar-refractivity contribution in [1.82, 2.24) is 0 Å². The van der Waals surface area contributed by atoms with Gasteiger partial charge in [0.1, 0.15) is 5.75 Å². The molecule has 0 unspecified atom stereocenters. The summed E-state index contributed by atoms with van der Waals surface area (Å²) < 4.78 is 5.69. The maximum Gasteiger partial charge on any atom is 0.331 e. The van der Waals surface area contributed by atoms with Crippen LogP contribution in [0.2, 0.25) is 0 Å². The number of carbonyl (C=O) groups excluding carboxylic acids is 1. The molecule has 4 nitrogen and oxygen atoms in total. The quantitative estimate of drug-likeness (QED) is 0.493. The summed E-state index contributed by atoms with van der Waals surface area (Å²) in [5.41, 5.74) is 2.52. The van der Waals surface area contributed by atoms with Gasteiger partial charge in [0.15, 0.2) is 0 Å². The number of amides is 2. The summed E-state index contributed by atoms with van der Waals surface area (Å²) in [5, 5.41) is 3.01. The Hall–Kier alpha value is -2.92. The molecule has 1 heterocycles. The standard InChI is InChI=1S/C23H22N2O2S/c1-2-3-16-27-18-14-12-17(13-15-18)24-23(26)25-19-8-4-6-10-21(19)28-22-11-7-5-9-20(22)25/h4-15H,2-3,16H2,1H3,(H,24,26). The molecule has 0 bridgehead atoms. The second-order valence-electron chi connectivity index (χ2n) is 6.53. The zero-order chi connectivity index (χ0) is 19.3. The fourth-order valence-corrected chi connectivity index (χ4v) is 4.13. The van der Waals surface area contributed by atoms with E-state index in [2.05, 4.69) is 12.2 Å². The minimum atomic E-state index is -0.181. The summed E-state index contributed by atoms with van der Waals surface area (Å²) in [4.78, 5) is 17.0. The molecule has 1 N–H and O–H groups in total. The first-order chi connectivity index (χ1) is 13.8. The first kappa shape index (κ1) is 18.4. The summed E-state index contributed by atoms with van der Waals surface area (Å²) in [5.74, 6) is 0.816. The molecule has 1 aliphatic heterocycles. The van der Waals surface area contributed by atoms with Gasteiger partial charge in [-0.3, -0.25) is 4.90 Å². The summed E-state index contributed by atoms with van der Waals surface area (Å²) in [6.07, 6.45) is 2.13. The molecule has 4 rings (SSSR count). The molecule has 5 heteroatoms. The fourth-order valence-electron chi connectivity index (χ4n) is 3.07. The Balaban J connectivity index is 1.55. The van der Waals surface area contributed by atoms with E-state index >= 15 is 0 Å². The van der Waals surface area contributed by atoms with Crippen molar-refractivity contribution in [2.45, 2.75) is 29.6 Å². The number of ether oxygens (including phenoxy) is 1. The number of unbranched alkanes of at least 4 members (excludes halogenated alkanes) is 1. The molecule has 142 valence electrons. The van der Waals surface area contributed by atoms with Gasteiger partial charge in [-0.15, -0.1) is 0 Å². The third-order valence-corrected chi connectivity index (χ3v) is 5.64. The van der Waals surface area contributed by atoms with E-state index in [1.807, 2.05) is 72.8 Å². The van der Waals surface area contributed by atoms with E-state index in [0.29, 0.717) is 6.61 Å². The molecule has 1 aliphatic rings. The van der Waals surface area contributed by atoms with Crippen molar-refractivity contribution in [3.8, 4) is 5.75 Å². The smallest absolute Gasteiger partial charge is 0.331 e. The maximum atomic E-state index is 13.2. The van der Waals surface area contributed by atoms with Crippen molar-refractivity contribution < 1.29 is 9.53 Å². The Morgan fingerprint density at radius 1 is 0.929 bits per heavy atom. The van der Waals surface area contributed by atoms with Crippen LogP contribution in [0.5, 0.6) is 5.75 Å². The molecule has 0 fully saturated rings. The lowest BCUT2D eigenvalue weighted by Gasteiger charge is -2.31. The largest absolute Gasteiger partial charge is 0.494 e. The van der Waals surface area contributed by atoms with Crippen LogP contribution in [-0.4, -0.2) is 12.6 Å². The van der Waals surface area contributed by atoms with Crippen molar-refractivity contribution in [3.63, 3.8) is 0 Å². The number of anilines is 3. The average Bonchev–Trinajstić information content (AvgIpc) is 2.73. The van der Waals surface area contributed by atoms with Crippen LogP contribution in [0, 0.1) is 0 Å². The molecule has 0 radical (unpaired) electrons. The second-order valence-corrected chi connectivity index (χ2v) is 7.61. The van der Waals surface area contributed by atoms with E-state index in [0.717, 1.165) is 45.4 Å². The number of fused-ring (bicyclic) bond motifs is 2. The molecule has 3 aromatic carbocycles. The lowest BCUT2D eigenvalue weighted by molar-refractivity contribution is 0.258. The van der Waals surface area contributed by atoms with E-state index in [9.17, 15) is 4.79 Å². The monoisotopic (exact) mass is 390 g/mol. The first-order valence-corrected chi connectivity index (χ1v) is 10.3. The molecule has 0 aromatic heterocycles. The SMILES string of the molecule is CCCCOc1ccc(NC(=O)N2c3ccccc3Sc3ccccc32)cc1. The summed E-state index contributed by atoms with van der Waals surface area (Å²) in [6.45, 7) is 2.85. The number of benzene rings is 3. The average molecular weight is 391 g/mol. The van der Waals surface area contributed by atoms with Crippen molar-refractivity contribution in [3.05, 3.63) is 72.8 Å². The molecule has 0 atom stereocenters. The second kappa shape index (κ2) is 8.40. The Morgan fingerprint density at radius 3 is 2.14 bits per heavy atom. The number of nitrogens with one attached hydrogen (secondary N) is 1. The highest BCUT2D eigenvalue weighted by Crippen LogP contribution is 2.48. The van der Waals surface area contributed by atoms with Crippen LogP contribution in [0.4, 0.5) is 21.9 Å². The molecular weight excluding hydrogens is 368 g/mol. The summed E-state index contributed by atoms with van der Waals surface area (Å²) in [7, 11) is 0. The van der Waals surface area contributed by atoms with Crippen molar-refractivity contribution in [2.75, 3.05) is 16.8 Å². The topological polar surface area (TPSA) is 41.6 Å². The van der Waals surface area contributed by atoms with Crippen LogP contribution in [-0.2, 0) is 0 Å². The molecular formula is C23H22N2O2S. The highest BCUT2D eigenvalue weighted by atomic mass is 32.2. The van der Waals surface area contributed by atoms with Crippen molar-refractivity contribution in [1.29, 1.82) is 0 Å². The minimum absolute atomic E-state index is 0.181. The van der Waals surface area contributed by atoms with Gasteiger partial charge in [-0.2, -0.15) is 0 Å². The lowest BCUT2D eigenvalue weighted by atomic mass is 10.2. The lowest BCUT2D eigenvalue weighted by Crippen LogP contribution is -2.32. The van der Waals surface area contributed by atoms with E-state index < -0.39 is 0 Å². The molecule has 28 heavy (non-hydrogen) atoms. The number of hydrogen-bond acceptors (Lipinski definition) is 3. The molecule has 0 aliphatic carbocycles. The first-order valence-electron chi connectivity index (χ1n) is 9.46. The number of nitrogens with zero attached hydrogens (tertiary/aromatic N) is 1. The van der Waals surface area contributed by atoms with Crippen LogP contribution >= 0.6 is 11.8 Å². The maximum absolute atomic E-state index is 13.2. The Kier molecular flexibility index (Phi) is 5.53. The van der Waals surface area contributed by atoms with Gasteiger partial charge in [0.05, 0.1) is 18.0 Å². The number of urea groups is 1. The predicted molar refractivity (Wildman–Crippen MR) is 115 cm³/mol. The zero-order valence-corrected chi connectivity index (χ0v) is 16.5. The third-order valence-electron chi connectivity index (χ3n) is 4.51. The Labute approximate surface area is 169 Å². The fraction of sp³-hybridized carbons (Fsp3) is 0.174. The number of carbonyl (C=O) groups is 1.